The van der Waals surface area contributed by atoms with Gasteiger partial charge in [0.25, 0.3) is 0 Å². The van der Waals surface area contributed by atoms with Crippen molar-refractivity contribution < 1.29 is 24.3 Å². The molecule has 0 saturated heterocycles. The van der Waals surface area contributed by atoms with Crippen LogP contribution in [0.4, 0.5) is 0 Å². The Bertz CT molecular complexity index is 215. The second-order valence-electron chi connectivity index (χ2n) is 1.90. The lowest BCUT2D eigenvalue weighted by atomic mass is 10.4. The van der Waals surface area contributed by atoms with E-state index in [4.69, 9.17) is 14.9 Å². The van der Waals surface area contributed by atoms with Crippen molar-refractivity contribution in [1.29, 1.82) is 0 Å². The summed E-state index contributed by atoms with van der Waals surface area (Å²) in [7, 11) is -4.53. The molecule has 3 N–H and O–H groups in total. The molecular weight excluding hydrogens is 171 g/mol. The molecule has 0 heterocycles. The molecule has 0 fully saturated rings. The van der Waals surface area contributed by atoms with Gasteiger partial charge in [-0.15, -0.1) is 0 Å². The highest BCUT2D eigenvalue weighted by atomic mass is 31.2. The first-order valence-electron chi connectivity index (χ1n) is 2.80. The Morgan fingerprint density at radius 3 is 2.09 bits per heavy atom. The van der Waals surface area contributed by atoms with E-state index in [9.17, 15) is 9.36 Å². The molecule has 0 aliphatic heterocycles. The van der Waals surface area contributed by atoms with Gasteiger partial charge in [-0.2, -0.15) is 0 Å². The van der Waals surface area contributed by atoms with E-state index in [-0.39, 0.29) is 0 Å². The Hall–Kier alpha value is -0.640. The van der Waals surface area contributed by atoms with Gasteiger partial charge in [0.15, 0.2) is 5.66 Å². The highest BCUT2D eigenvalue weighted by molar-refractivity contribution is 7.53. The van der Waals surface area contributed by atoms with Gasteiger partial charge in [0.1, 0.15) is 0 Å². The Balaban J connectivity index is 4.63. The molecule has 6 heteroatoms. The quantitative estimate of drug-likeness (QED) is 0.425. The fourth-order valence-electron chi connectivity index (χ4n) is 0.521. The summed E-state index contributed by atoms with van der Waals surface area (Å²) in [5, 5.41) is 8.30. The zero-order valence-corrected chi connectivity index (χ0v) is 6.73. The first-order chi connectivity index (χ1) is 4.89. The molecule has 0 aromatic heterocycles. The molecular formula is C5H9O5P. The minimum absolute atomic E-state index is 0.961. The first-order valence-corrected chi connectivity index (χ1v) is 4.48. The summed E-state index contributed by atoms with van der Waals surface area (Å²) in [6.45, 7) is 1.49. The number of carbonyl (C=O) groups is 1. The van der Waals surface area contributed by atoms with Crippen LogP contribution < -0.4 is 0 Å². The van der Waals surface area contributed by atoms with Crippen LogP contribution in [0.15, 0.2) is 12.2 Å². The number of hydrogen-bond donors (Lipinski definition) is 3. The SMILES string of the molecule is CC=CC(C(=O)O)P(=O)(O)O. The number of allylic oxidation sites excluding steroid dienone is 1. The van der Waals surface area contributed by atoms with Gasteiger partial charge in [0, 0.05) is 0 Å². The average molecular weight is 180 g/mol. The monoisotopic (exact) mass is 180 g/mol. The van der Waals surface area contributed by atoms with E-state index in [2.05, 4.69) is 0 Å². The minimum atomic E-state index is -4.53. The topological polar surface area (TPSA) is 94.8 Å². The third-order valence-electron chi connectivity index (χ3n) is 0.990. The summed E-state index contributed by atoms with van der Waals surface area (Å²) in [5.41, 5.74) is -1.72. The number of rotatable bonds is 3. The number of carboxylic acid groups (broad SMARTS) is 1. The van der Waals surface area contributed by atoms with Crippen molar-refractivity contribution in [3.8, 4) is 0 Å². The molecule has 0 amide bonds. The normalized spacial score (nSPS) is 15.2. The lowest BCUT2D eigenvalue weighted by molar-refractivity contribution is -0.135. The third kappa shape index (κ3) is 3.32. The van der Waals surface area contributed by atoms with Crippen LogP contribution in [0.5, 0.6) is 0 Å². The minimum Gasteiger partial charge on any atom is -0.480 e. The van der Waals surface area contributed by atoms with Crippen LogP contribution in [-0.2, 0) is 9.36 Å². The zero-order valence-electron chi connectivity index (χ0n) is 5.84. The van der Waals surface area contributed by atoms with Crippen molar-refractivity contribution in [2.75, 3.05) is 0 Å². The Morgan fingerprint density at radius 1 is 1.55 bits per heavy atom. The van der Waals surface area contributed by atoms with Gasteiger partial charge in [-0.25, -0.2) is 0 Å². The average Bonchev–Trinajstić information content (AvgIpc) is 1.79. The highest BCUT2D eigenvalue weighted by Gasteiger charge is 2.32. The van der Waals surface area contributed by atoms with Crippen LogP contribution in [0, 0.1) is 0 Å². The molecule has 0 aromatic rings. The van der Waals surface area contributed by atoms with Gasteiger partial charge < -0.3 is 14.9 Å². The molecule has 0 spiro atoms. The summed E-state index contributed by atoms with van der Waals surface area (Å²) in [4.78, 5) is 27.1. The van der Waals surface area contributed by atoms with Crippen LogP contribution in [-0.4, -0.2) is 26.5 Å². The maximum absolute atomic E-state index is 10.4. The van der Waals surface area contributed by atoms with E-state index in [0.717, 1.165) is 6.08 Å². The van der Waals surface area contributed by atoms with Crippen molar-refractivity contribution in [3.63, 3.8) is 0 Å². The van der Waals surface area contributed by atoms with Crippen LogP contribution >= 0.6 is 7.60 Å². The van der Waals surface area contributed by atoms with Crippen LogP contribution in [0.3, 0.4) is 0 Å². The molecule has 1 unspecified atom stereocenters. The highest BCUT2D eigenvalue weighted by Crippen LogP contribution is 2.41. The van der Waals surface area contributed by atoms with E-state index in [0.29, 0.717) is 0 Å². The van der Waals surface area contributed by atoms with Crippen molar-refractivity contribution in [1.82, 2.24) is 0 Å². The summed E-state index contributed by atoms with van der Waals surface area (Å²) >= 11 is 0. The van der Waals surface area contributed by atoms with Crippen LogP contribution in [0.1, 0.15) is 6.92 Å². The second kappa shape index (κ2) is 3.67. The molecule has 0 rings (SSSR count). The molecule has 11 heavy (non-hydrogen) atoms. The predicted octanol–water partition coefficient (Wildman–Crippen LogP) is 0.193. The van der Waals surface area contributed by atoms with Gasteiger partial charge in [-0.1, -0.05) is 12.2 Å². The largest absolute Gasteiger partial charge is 0.480 e. The molecule has 1 atom stereocenters. The molecule has 0 aliphatic carbocycles. The molecule has 0 aliphatic rings. The van der Waals surface area contributed by atoms with Gasteiger partial charge >= 0.3 is 13.6 Å². The Kier molecular flexibility index (Phi) is 3.45. The first kappa shape index (κ1) is 10.4. The number of carboxylic acids is 1. The summed E-state index contributed by atoms with van der Waals surface area (Å²) in [6.07, 6.45) is 2.25. The smallest absolute Gasteiger partial charge is 0.343 e. The van der Waals surface area contributed by atoms with Gasteiger partial charge in [-0.3, -0.25) is 9.36 Å². The lowest BCUT2D eigenvalue weighted by Crippen LogP contribution is -2.17. The molecule has 0 aromatic carbocycles. The van der Waals surface area contributed by atoms with Gasteiger partial charge in [-0.05, 0) is 6.92 Å². The van der Waals surface area contributed by atoms with Gasteiger partial charge in [0.05, 0.1) is 0 Å². The van der Waals surface area contributed by atoms with E-state index < -0.39 is 19.2 Å². The van der Waals surface area contributed by atoms with Crippen molar-refractivity contribution in [2.45, 2.75) is 12.6 Å². The molecule has 64 valence electrons. The Labute approximate surface area is 63.5 Å². The summed E-state index contributed by atoms with van der Waals surface area (Å²) < 4.78 is 10.4. The summed E-state index contributed by atoms with van der Waals surface area (Å²) in [5.74, 6) is -1.52. The lowest BCUT2D eigenvalue weighted by Gasteiger charge is -2.08. The van der Waals surface area contributed by atoms with Crippen LogP contribution in [0.2, 0.25) is 0 Å². The van der Waals surface area contributed by atoms with Crippen LogP contribution in [0.25, 0.3) is 0 Å². The van der Waals surface area contributed by atoms with E-state index in [1.54, 1.807) is 0 Å². The number of aliphatic carboxylic acids is 1. The fraction of sp³-hybridized carbons (Fsp3) is 0.400. The Morgan fingerprint density at radius 2 is 2.00 bits per heavy atom. The maximum atomic E-state index is 10.4. The standard InChI is InChI=1S/C5H9O5P/c1-2-3-4(5(6)7)11(8,9)10/h2-4H,1H3,(H,6,7)(H2,8,9,10). The molecule has 0 radical (unpaired) electrons. The van der Waals surface area contributed by atoms with E-state index >= 15 is 0 Å². The second-order valence-corrected chi connectivity index (χ2v) is 3.63. The molecule has 0 saturated carbocycles. The number of hydrogen-bond acceptors (Lipinski definition) is 2. The van der Waals surface area contributed by atoms with Crippen molar-refractivity contribution >= 4 is 13.6 Å². The summed E-state index contributed by atoms with van der Waals surface area (Å²) in [6, 6.07) is 0. The van der Waals surface area contributed by atoms with Crippen molar-refractivity contribution in [3.05, 3.63) is 12.2 Å². The maximum Gasteiger partial charge on any atom is 0.343 e. The third-order valence-corrected chi connectivity index (χ3v) is 2.11. The molecule has 0 bridgehead atoms. The predicted molar refractivity (Wildman–Crippen MR) is 38.3 cm³/mol. The van der Waals surface area contributed by atoms with Gasteiger partial charge in [0.2, 0.25) is 0 Å². The zero-order chi connectivity index (χ0) is 9.07. The fourth-order valence-corrected chi connectivity index (χ4v) is 1.20. The van der Waals surface area contributed by atoms with E-state index in [1.165, 1.54) is 13.0 Å². The van der Waals surface area contributed by atoms with Crippen molar-refractivity contribution in [2.24, 2.45) is 0 Å². The molecule has 5 nitrogen and oxygen atoms in total. The van der Waals surface area contributed by atoms with E-state index in [1.807, 2.05) is 0 Å².